The van der Waals surface area contributed by atoms with Gasteiger partial charge in [-0.15, -0.1) is 0 Å². The van der Waals surface area contributed by atoms with Crippen LogP contribution in [0.3, 0.4) is 0 Å². The molecular weight excluding hydrogens is 506 g/mol. The molecule has 1 saturated heterocycles. The van der Waals surface area contributed by atoms with Crippen LogP contribution >= 0.6 is 11.6 Å². The van der Waals surface area contributed by atoms with E-state index in [4.69, 9.17) is 17.3 Å². The Morgan fingerprint density at radius 1 is 0.923 bits per heavy atom. The fourth-order valence-corrected chi connectivity index (χ4v) is 7.28. The molecule has 0 spiro atoms. The minimum atomic E-state index is -0.195. The minimum absolute atomic E-state index is 0.195. The molecule has 1 aromatic rings. The third-order valence-corrected chi connectivity index (χ3v) is 9.97. The van der Waals surface area contributed by atoms with Crippen molar-refractivity contribution in [3.05, 3.63) is 34.9 Å². The van der Waals surface area contributed by atoms with E-state index in [1.54, 1.807) is 0 Å². The Labute approximate surface area is 243 Å². The third kappa shape index (κ3) is 9.16. The molecule has 6 nitrogen and oxygen atoms in total. The summed E-state index contributed by atoms with van der Waals surface area (Å²) in [6, 6.07) is 9.78. The molecule has 1 amide bonds. The zero-order chi connectivity index (χ0) is 27.6. The van der Waals surface area contributed by atoms with Gasteiger partial charge in [0.1, 0.15) is 0 Å². The highest BCUT2D eigenvalue weighted by Gasteiger charge is 2.34. The summed E-state index contributed by atoms with van der Waals surface area (Å²) in [5.74, 6) is 0.269. The topological polar surface area (TPSA) is 64.8 Å². The summed E-state index contributed by atoms with van der Waals surface area (Å²) in [5, 5.41) is 4.51. The maximum absolute atomic E-state index is 14.0. The molecule has 0 aromatic heterocycles. The van der Waals surface area contributed by atoms with Crippen LogP contribution in [0.1, 0.15) is 90.0 Å². The highest BCUT2D eigenvalue weighted by atomic mass is 35.5. The number of nitrogens with two attached hydrogens (primary N) is 1. The van der Waals surface area contributed by atoms with E-state index in [0.717, 1.165) is 94.4 Å². The van der Waals surface area contributed by atoms with Gasteiger partial charge < -0.3 is 20.9 Å². The lowest BCUT2D eigenvalue weighted by atomic mass is 9.90. The second kappa shape index (κ2) is 15.7. The smallest absolute Gasteiger partial charge is 0.240 e. The second-order valence-corrected chi connectivity index (χ2v) is 12.7. The predicted octanol–water partition coefficient (Wildman–Crippen LogP) is 5.08. The molecule has 1 aliphatic heterocycles. The first kappa shape index (κ1) is 30.8. The van der Waals surface area contributed by atoms with Gasteiger partial charge in [0.05, 0.1) is 6.04 Å². The number of carbonyl (C=O) groups excluding carboxylic acids is 1. The van der Waals surface area contributed by atoms with Gasteiger partial charge in [0.25, 0.3) is 0 Å². The van der Waals surface area contributed by atoms with Crippen LogP contribution in [0.25, 0.3) is 0 Å². The Bertz CT molecular complexity index is 841. The van der Waals surface area contributed by atoms with Crippen LogP contribution in [0.2, 0.25) is 5.02 Å². The first-order valence-electron chi connectivity index (χ1n) is 16.0. The molecule has 3 N–H and O–H groups in total. The van der Waals surface area contributed by atoms with Crippen LogP contribution in [-0.2, 0) is 11.2 Å². The Kier molecular flexibility index (Phi) is 12.4. The summed E-state index contributed by atoms with van der Waals surface area (Å²) in [6.45, 7) is 10.8. The summed E-state index contributed by atoms with van der Waals surface area (Å²) in [5.41, 5.74) is 7.32. The molecule has 1 unspecified atom stereocenters. The lowest BCUT2D eigenvalue weighted by Crippen LogP contribution is -2.56. The van der Waals surface area contributed by atoms with E-state index >= 15 is 0 Å². The van der Waals surface area contributed by atoms with Gasteiger partial charge in [-0.2, -0.15) is 0 Å². The van der Waals surface area contributed by atoms with Crippen molar-refractivity contribution in [2.75, 3.05) is 39.3 Å². The molecule has 2 saturated carbocycles. The summed E-state index contributed by atoms with van der Waals surface area (Å²) in [4.78, 5) is 21.5. The number of nitrogens with zero attached hydrogens (tertiary/aromatic N) is 3. The number of halogens is 1. The van der Waals surface area contributed by atoms with E-state index in [1.165, 1.54) is 32.1 Å². The molecule has 1 aromatic carbocycles. The van der Waals surface area contributed by atoms with Crippen molar-refractivity contribution in [3.63, 3.8) is 0 Å². The van der Waals surface area contributed by atoms with Gasteiger partial charge in [0.15, 0.2) is 0 Å². The fourth-order valence-electron chi connectivity index (χ4n) is 7.16. The maximum atomic E-state index is 14.0. The number of carbonyl (C=O) groups is 1. The average Bonchev–Trinajstić information content (AvgIpc) is 2.97. The number of piperidine rings is 1. The Balaban J connectivity index is 1.38. The number of rotatable bonds is 12. The molecule has 0 bridgehead atoms. The standard InChI is InChI=1S/C32H54ClN5O/c1-3-36(4-2)22-23-38(29-8-6-5-7-9-29)30-18-20-37(21-19-30)32(39)31(24-25-10-12-26(33)13-11-25)35-28-16-14-27(34)15-17-28/h10-13,27-31,35H,3-9,14-24,34H2,1-2H3. The number of likely N-dealkylation sites (tertiary alicyclic amines) is 1. The third-order valence-electron chi connectivity index (χ3n) is 9.72. The van der Waals surface area contributed by atoms with Crippen molar-refractivity contribution >= 4 is 17.5 Å². The Hall–Kier alpha value is -1.18. The van der Waals surface area contributed by atoms with E-state index in [2.05, 4.69) is 46.0 Å². The summed E-state index contributed by atoms with van der Waals surface area (Å²) in [6.07, 6.45) is 13.9. The SMILES string of the molecule is CCN(CC)CCN(C1CCCCC1)C1CCN(C(=O)C(Cc2ccc(Cl)cc2)NC2CCC(N)CC2)CC1. The van der Waals surface area contributed by atoms with Crippen molar-refractivity contribution in [2.45, 2.75) is 121 Å². The molecule has 7 heteroatoms. The largest absolute Gasteiger partial charge is 0.341 e. The summed E-state index contributed by atoms with van der Waals surface area (Å²) >= 11 is 6.14. The highest BCUT2D eigenvalue weighted by molar-refractivity contribution is 6.30. The molecule has 220 valence electrons. The fraction of sp³-hybridized carbons (Fsp3) is 0.781. The summed E-state index contributed by atoms with van der Waals surface area (Å²) in [7, 11) is 0. The zero-order valence-corrected chi connectivity index (χ0v) is 25.4. The van der Waals surface area contributed by atoms with Crippen molar-refractivity contribution in [1.82, 2.24) is 20.0 Å². The van der Waals surface area contributed by atoms with E-state index in [9.17, 15) is 4.79 Å². The van der Waals surface area contributed by atoms with Gasteiger partial charge >= 0.3 is 0 Å². The monoisotopic (exact) mass is 559 g/mol. The first-order chi connectivity index (χ1) is 19.0. The molecule has 3 fully saturated rings. The first-order valence-corrected chi connectivity index (χ1v) is 16.4. The van der Waals surface area contributed by atoms with Gasteiger partial charge in [0, 0.05) is 55.4 Å². The highest BCUT2D eigenvalue weighted by Crippen LogP contribution is 2.28. The average molecular weight is 560 g/mol. The molecular formula is C32H54ClN5O. The van der Waals surface area contributed by atoms with Gasteiger partial charge in [0.2, 0.25) is 5.91 Å². The Morgan fingerprint density at radius 3 is 2.15 bits per heavy atom. The Morgan fingerprint density at radius 2 is 1.54 bits per heavy atom. The molecule has 3 aliphatic rings. The van der Waals surface area contributed by atoms with Gasteiger partial charge in [-0.3, -0.25) is 9.69 Å². The molecule has 1 atom stereocenters. The molecule has 4 rings (SSSR count). The van der Waals surface area contributed by atoms with Crippen molar-refractivity contribution < 1.29 is 4.79 Å². The number of benzene rings is 1. The van der Waals surface area contributed by atoms with Crippen molar-refractivity contribution in [2.24, 2.45) is 5.73 Å². The lowest BCUT2D eigenvalue weighted by molar-refractivity contribution is -0.135. The maximum Gasteiger partial charge on any atom is 0.240 e. The number of hydrogen-bond donors (Lipinski definition) is 2. The van der Waals surface area contributed by atoms with Crippen molar-refractivity contribution in [3.8, 4) is 0 Å². The van der Waals surface area contributed by atoms with Crippen LogP contribution in [-0.4, -0.2) is 90.1 Å². The molecule has 39 heavy (non-hydrogen) atoms. The number of amides is 1. The number of likely N-dealkylation sites (N-methyl/N-ethyl adjacent to an activating group) is 1. The second-order valence-electron chi connectivity index (χ2n) is 12.3. The van der Waals surface area contributed by atoms with Crippen LogP contribution in [0, 0.1) is 0 Å². The zero-order valence-electron chi connectivity index (χ0n) is 24.6. The predicted molar refractivity (Wildman–Crippen MR) is 163 cm³/mol. The van der Waals surface area contributed by atoms with Crippen LogP contribution < -0.4 is 11.1 Å². The van der Waals surface area contributed by atoms with E-state index in [-0.39, 0.29) is 11.9 Å². The quantitative estimate of drug-likeness (QED) is 0.374. The van der Waals surface area contributed by atoms with Crippen LogP contribution in [0.15, 0.2) is 24.3 Å². The summed E-state index contributed by atoms with van der Waals surface area (Å²) < 4.78 is 0. The van der Waals surface area contributed by atoms with Crippen LogP contribution in [0.5, 0.6) is 0 Å². The van der Waals surface area contributed by atoms with E-state index in [0.29, 0.717) is 24.5 Å². The van der Waals surface area contributed by atoms with E-state index in [1.807, 2.05) is 12.1 Å². The van der Waals surface area contributed by atoms with Crippen molar-refractivity contribution in [1.29, 1.82) is 0 Å². The number of nitrogens with one attached hydrogen (secondary N) is 1. The van der Waals surface area contributed by atoms with E-state index < -0.39 is 0 Å². The molecule has 2 aliphatic carbocycles. The van der Waals surface area contributed by atoms with Gasteiger partial charge in [-0.1, -0.05) is 56.8 Å². The number of hydrogen-bond acceptors (Lipinski definition) is 5. The normalized spacial score (nSPS) is 24.4. The van der Waals surface area contributed by atoms with Gasteiger partial charge in [-0.25, -0.2) is 0 Å². The van der Waals surface area contributed by atoms with Gasteiger partial charge in [-0.05, 0) is 88.6 Å². The lowest BCUT2D eigenvalue weighted by Gasteiger charge is -2.45. The molecule has 0 radical (unpaired) electrons. The minimum Gasteiger partial charge on any atom is -0.341 e. The molecule has 1 heterocycles. The van der Waals surface area contributed by atoms with Crippen LogP contribution in [0.4, 0.5) is 0 Å².